The van der Waals surface area contributed by atoms with Crippen LogP contribution in [0.4, 0.5) is 14.9 Å². The Morgan fingerprint density at radius 1 is 1.23 bits per heavy atom. The van der Waals surface area contributed by atoms with Gasteiger partial charge in [-0.3, -0.25) is 9.69 Å². The average Bonchev–Trinajstić information content (AvgIpc) is 2.68. The summed E-state index contributed by atoms with van der Waals surface area (Å²) in [6.07, 6.45) is 0. The predicted octanol–water partition coefficient (Wildman–Crippen LogP) is 3.03. The number of rotatable bonds is 6. The van der Waals surface area contributed by atoms with Gasteiger partial charge in [-0.15, -0.1) is 0 Å². The third-order valence-electron chi connectivity index (χ3n) is 4.90. The van der Waals surface area contributed by atoms with Crippen molar-refractivity contribution in [2.24, 2.45) is 5.73 Å². The molecule has 2 aromatic carbocycles. The molecule has 1 saturated heterocycles. The number of nitrogens with zero attached hydrogens (tertiary/aromatic N) is 2. The second-order valence-electron chi connectivity index (χ2n) is 7.22. The molecule has 1 heterocycles. The zero-order valence-corrected chi connectivity index (χ0v) is 18.8. The van der Waals surface area contributed by atoms with Gasteiger partial charge in [0.2, 0.25) is 0 Å². The third kappa shape index (κ3) is 6.05. The molecule has 0 saturated carbocycles. The Morgan fingerprint density at radius 2 is 1.97 bits per heavy atom. The van der Waals surface area contributed by atoms with Crippen LogP contribution in [0.25, 0.3) is 0 Å². The van der Waals surface area contributed by atoms with Gasteiger partial charge in [0.05, 0.1) is 5.69 Å². The molecule has 2 aromatic rings. The van der Waals surface area contributed by atoms with Gasteiger partial charge >= 0.3 is 6.03 Å². The summed E-state index contributed by atoms with van der Waals surface area (Å²) >= 11 is 2.11. The number of piperazine rings is 1. The highest BCUT2D eigenvalue weighted by Gasteiger charge is 2.27. The molecule has 30 heavy (non-hydrogen) atoms. The van der Waals surface area contributed by atoms with E-state index in [1.807, 2.05) is 13.0 Å². The fourth-order valence-electron chi connectivity index (χ4n) is 3.48. The van der Waals surface area contributed by atoms with Crippen molar-refractivity contribution in [3.8, 4) is 5.75 Å². The molecule has 1 aliphatic rings. The maximum atomic E-state index is 13.1. The van der Waals surface area contributed by atoms with E-state index < -0.39 is 6.03 Å². The largest absolute Gasteiger partial charge is 0.482 e. The van der Waals surface area contributed by atoms with E-state index in [1.54, 1.807) is 29.2 Å². The molecule has 160 valence electrons. The quantitative estimate of drug-likeness (QED) is 0.567. The summed E-state index contributed by atoms with van der Waals surface area (Å²) in [5.41, 5.74) is 6.68. The topological polar surface area (TPSA) is 87.9 Å². The Bertz CT molecular complexity index is 910. The number of nitrogens with two attached hydrogens (primary N) is 1. The number of halogens is 2. The molecule has 3 amide bonds. The van der Waals surface area contributed by atoms with E-state index >= 15 is 0 Å². The minimum atomic E-state index is -0.695. The summed E-state index contributed by atoms with van der Waals surface area (Å²) in [6.45, 7) is 4.63. The van der Waals surface area contributed by atoms with E-state index in [1.165, 1.54) is 12.1 Å². The Hall–Kier alpha value is -2.40. The molecule has 9 heteroatoms. The SMILES string of the molecule is C[C@@H]1CN(Cc2ccc(F)cc2)CCN1C(=O)COc1ccc(I)cc1NC(N)=O. The van der Waals surface area contributed by atoms with Gasteiger partial charge in [0.15, 0.2) is 6.61 Å². The second kappa shape index (κ2) is 10.1. The highest BCUT2D eigenvalue weighted by atomic mass is 127. The van der Waals surface area contributed by atoms with Gasteiger partial charge in [-0.25, -0.2) is 9.18 Å². The Kier molecular flexibility index (Phi) is 7.48. The van der Waals surface area contributed by atoms with Gasteiger partial charge in [0.1, 0.15) is 11.6 Å². The molecule has 0 spiro atoms. The van der Waals surface area contributed by atoms with E-state index in [2.05, 4.69) is 32.8 Å². The van der Waals surface area contributed by atoms with Crippen molar-refractivity contribution >= 4 is 40.2 Å². The molecule has 0 aliphatic carbocycles. The minimum Gasteiger partial charge on any atom is -0.482 e. The number of amides is 3. The zero-order chi connectivity index (χ0) is 21.7. The molecule has 1 atom stereocenters. The molecule has 0 unspecified atom stereocenters. The summed E-state index contributed by atoms with van der Waals surface area (Å²) in [5, 5.41) is 2.51. The van der Waals surface area contributed by atoms with Crippen LogP contribution in [0.5, 0.6) is 5.75 Å². The van der Waals surface area contributed by atoms with Crippen LogP contribution in [0.1, 0.15) is 12.5 Å². The first-order valence-corrected chi connectivity index (χ1v) is 10.6. The van der Waals surface area contributed by atoms with Crippen molar-refractivity contribution in [1.82, 2.24) is 9.80 Å². The second-order valence-corrected chi connectivity index (χ2v) is 8.46. The molecule has 3 rings (SSSR count). The number of carbonyl (C=O) groups is 2. The smallest absolute Gasteiger partial charge is 0.316 e. The zero-order valence-electron chi connectivity index (χ0n) is 16.6. The number of benzene rings is 2. The van der Waals surface area contributed by atoms with E-state index in [9.17, 15) is 14.0 Å². The number of hydrogen-bond donors (Lipinski definition) is 2. The maximum Gasteiger partial charge on any atom is 0.316 e. The highest BCUT2D eigenvalue weighted by molar-refractivity contribution is 14.1. The number of urea groups is 1. The number of nitrogens with one attached hydrogen (secondary N) is 1. The van der Waals surface area contributed by atoms with Gasteiger partial charge in [-0.1, -0.05) is 12.1 Å². The molecule has 3 N–H and O–H groups in total. The third-order valence-corrected chi connectivity index (χ3v) is 5.57. The van der Waals surface area contributed by atoms with Crippen LogP contribution in [-0.2, 0) is 11.3 Å². The van der Waals surface area contributed by atoms with Gasteiger partial charge in [0, 0.05) is 35.8 Å². The van der Waals surface area contributed by atoms with Crippen LogP contribution in [0.2, 0.25) is 0 Å². The lowest BCUT2D eigenvalue weighted by Crippen LogP contribution is -2.54. The Morgan fingerprint density at radius 3 is 2.63 bits per heavy atom. The fraction of sp³-hybridized carbons (Fsp3) is 0.333. The molecule has 0 bridgehead atoms. The lowest BCUT2D eigenvalue weighted by molar-refractivity contribution is -0.137. The molecule has 0 radical (unpaired) electrons. The Balaban J connectivity index is 1.54. The first-order valence-electron chi connectivity index (χ1n) is 9.57. The first kappa shape index (κ1) is 22.3. The maximum absolute atomic E-state index is 13.1. The monoisotopic (exact) mass is 526 g/mol. The minimum absolute atomic E-state index is 0.0234. The fourth-order valence-corrected chi connectivity index (χ4v) is 3.97. The van der Waals surface area contributed by atoms with Gasteiger partial charge in [0.25, 0.3) is 5.91 Å². The van der Waals surface area contributed by atoms with Crippen molar-refractivity contribution in [3.05, 3.63) is 57.4 Å². The summed E-state index contributed by atoms with van der Waals surface area (Å²) < 4.78 is 19.7. The molecular formula is C21H24FIN4O3. The van der Waals surface area contributed by atoms with Crippen molar-refractivity contribution in [2.75, 3.05) is 31.6 Å². The van der Waals surface area contributed by atoms with E-state index in [0.717, 1.165) is 22.2 Å². The van der Waals surface area contributed by atoms with E-state index in [0.29, 0.717) is 24.5 Å². The van der Waals surface area contributed by atoms with Crippen molar-refractivity contribution in [3.63, 3.8) is 0 Å². The van der Waals surface area contributed by atoms with Crippen LogP contribution in [0.3, 0.4) is 0 Å². The summed E-state index contributed by atoms with van der Waals surface area (Å²) in [7, 11) is 0. The van der Waals surface area contributed by atoms with Crippen molar-refractivity contribution in [1.29, 1.82) is 0 Å². The molecule has 7 nitrogen and oxygen atoms in total. The van der Waals surface area contributed by atoms with Crippen LogP contribution in [-0.4, -0.2) is 54.0 Å². The van der Waals surface area contributed by atoms with Crippen LogP contribution >= 0.6 is 22.6 Å². The number of anilines is 1. The van der Waals surface area contributed by atoms with Crippen molar-refractivity contribution in [2.45, 2.75) is 19.5 Å². The van der Waals surface area contributed by atoms with E-state index in [-0.39, 0.29) is 24.4 Å². The molecule has 0 aromatic heterocycles. The highest BCUT2D eigenvalue weighted by Crippen LogP contribution is 2.26. The Labute approximate surface area is 188 Å². The molecule has 1 fully saturated rings. The van der Waals surface area contributed by atoms with Crippen LogP contribution < -0.4 is 15.8 Å². The van der Waals surface area contributed by atoms with E-state index in [4.69, 9.17) is 10.5 Å². The number of ether oxygens (including phenoxy) is 1. The van der Waals surface area contributed by atoms with Gasteiger partial charge in [-0.2, -0.15) is 0 Å². The predicted molar refractivity (Wildman–Crippen MR) is 121 cm³/mol. The van der Waals surface area contributed by atoms with Crippen LogP contribution in [0.15, 0.2) is 42.5 Å². The van der Waals surface area contributed by atoms with Crippen LogP contribution in [0, 0.1) is 9.39 Å². The standard InChI is InChI=1S/C21H24FIN4O3/c1-14-11-26(12-15-2-4-16(22)5-3-15)8-9-27(14)20(28)13-30-19-7-6-17(23)10-18(19)25-21(24)29/h2-7,10,14H,8-9,11-13H2,1H3,(H3,24,25,29)/t14-/m1/s1. The normalized spacial score (nSPS) is 16.9. The number of carbonyl (C=O) groups excluding carboxylic acids is 2. The lowest BCUT2D eigenvalue weighted by atomic mass is 10.1. The van der Waals surface area contributed by atoms with Gasteiger partial charge in [-0.05, 0) is 65.4 Å². The number of primary amides is 1. The number of hydrogen-bond acceptors (Lipinski definition) is 4. The summed E-state index contributed by atoms with van der Waals surface area (Å²) in [6, 6.07) is 11.1. The van der Waals surface area contributed by atoms with Crippen molar-refractivity contribution < 1.29 is 18.7 Å². The molecular weight excluding hydrogens is 502 g/mol. The van der Waals surface area contributed by atoms with Gasteiger partial charge < -0.3 is 20.7 Å². The summed E-state index contributed by atoms with van der Waals surface area (Å²) in [5.74, 6) is 0.0301. The average molecular weight is 526 g/mol. The summed E-state index contributed by atoms with van der Waals surface area (Å²) in [4.78, 5) is 28.0. The lowest BCUT2D eigenvalue weighted by Gasteiger charge is -2.39. The molecule has 1 aliphatic heterocycles. The first-order chi connectivity index (χ1) is 14.3.